The molecule has 2 aromatic rings. The van der Waals surface area contributed by atoms with Gasteiger partial charge in [0, 0.05) is 18.0 Å². The smallest absolute Gasteiger partial charge is 0.230 e. The lowest BCUT2D eigenvalue weighted by Crippen LogP contribution is -2.66. The predicted molar refractivity (Wildman–Crippen MR) is 141 cm³/mol. The quantitative estimate of drug-likeness (QED) is 0.373. The molecule has 1 heterocycles. The van der Waals surface area contributed by atoms with Crippen molar-refractivity contribution in [3.8, 4) is 16.9 Å². The number of hydrogen-bond donors (Lipinski definition) is 5. The van der Waals surface area contributed by atoms with Crippen LogP contribution < -0.4 is 5.73 Å². The molecule has 0 aromatic heterocycles. The lowest BCUT2D eigenvalue weighted by Gasteiger charge is -2.48. The first kappa shape index (κ1) is 25.7. The van der Waals surface area contributed by atoms with E-state index < -0.39 is 52.7 Å². The van der Waals surface area contributed by atoms with Crippen LogP contribution in [0.2, 0.25) is 0 Å². The van der Waals surface area contributed by atoms with Crippen LogP contribution in [0.3, 0.4) is 0 Å². The number of aliphatic hydroxyl groups is 3. The normalized spacial score (nSPS) is 30.6. The molecule has 9 heteroatoms. The highest BCUT2D eigenvalue weighted by molar-refractivity contribution is 6.24. The number of nitrogens with zero attached hydrogens (tertiary/aromatic N) is 1. The van der Waals surface area contributed by atoms with Gasteiger partial charge in [-0.05, 0) is 79.4 Å². The summed E-state index contributed by atoms with van der Waals surface area (Å²) < 4.78 is 0. The average molecular weight is 533 g/mol. The van der Waals surface area contributed by atoms with Gasteiger partial charge in [-0.1, -0.05) is 30.3 Å². The van der Waals surface area contributed by atoms with Gasteiger partial charge in [-0.3, -0.25) is 19.3 Å². The Kier molecular flexibility index (Phi) is 6.13. The minimum absolute atomic E-state index is 0.102. The number of likely N-dealkylation sites (tertiary alicyclic amines) is 1. The molecule has 4 aliphatic rings. The van der Waals surface area contributed by atoms with E-state index in [4.69, 9.17) is 5.73 Å². The number of aliphatic hydroxyl groups excluding tert-OH is 2. The number of fused-ring (bicyclic) bond motifs is 3. The Hall–Kier alpha value is -3.53. The molecule has 0 bridgehead atoms. The Balaban J connectivity index is 1.39. The molecular formula is C30H32N2O7. The van der Waals surface area contributed by atoms with Gasteiger partial charge in [-0.2, -0.15) is 0 Å². The molecule has 204 valence electrons. The van der Waals surface area contributed by atoms with Crippen molar-refractivity contribution < 1.29 is 34.8 Å². The summed E-state index contributed by atoms with van der Waals surface area (Å²) in [7, 11) is 0. The van der Waals surface area contributed by atoms with Crippen molar-refractivity contribution >= 4 is 23.2 Å². The van der Waals surface area contributed by atoms with E-state index in [9.17, 15) is 34.8 Å². The van der Waals surface area contributed by atoms with Crippen LogP contribution in [-0.4, -0.2) is 67.6 Å². The molecule has 3 aliphatic carbocycles. The topological polar surface area (TPSA) is 161 Å². The molecule has 5 atom stereocenters. The Morgan fingerprint density at radius 1 is 1.03 bits per heavy atom. The van der Waals surface area contributed by atoms with E-state index >= 15 is 0 Å². The van der Waals surface area contributed by atoms with E-state index in [0.29, 0.717) is 5.56 Å². The maximum Gasteiger partial charge on any atom is 0.230 e. The highest BCUT2D eigenvalue weighted by Gasteiger charge is 2.63. The van der Waals surface area contributed by atoms with E-state index in [1.807, 2.05) is 12.1 Å². The monoisotopic (exact) mass is 532 g/mol. The molecule has 6 N–H and O–H groups in total. The largest absolute Gasteiger partial charge is 0.507 e. The Morgan fingerprint density at radius 2 is 1.72 bits per heavy atom. The fraction of sp³-hybridized carbons (Fsp3) is 0.433. The Labute approximate surface area is 225 Å². The highest BCUT2D eigenvalue weighted by atomic mass is 16.3. The number of Topliss-reactive ketones (excluding diaryl/α,β-unsaturated/α-hetero) is 2. The van der Waals surface area contributed by atoms with Gasteiger partial charge in [0.15, 0.2) is 11.4 Å². The SMILES string of the molecule is NC(=O)C1C(=O)[C@@]2(O)C(=O)C3=C(O)c4c(O)ccc(-c5ccc(CN6CCCC6)cc5)c4C[C@H]3C[C@H]2CC1O. The first-order valence-electron chi connectivity index (χ1n) is 13.5. The van der Waals surface area contributed by atoms with Gasteiger partial charge < -0.3 is 26.2 Å². The number of carbonyl (C=O) groups is 3. The number of phenols is 1. The second kappa shape index (κ2) is 9.29. The second-order valence-electron chi connectivity index (χ2n) is 11.4. The van der Waals surface area contributed by atoms with Crippen LogP contribution in [0.4, 0.5) is 0 Å². The molecule has 3 fully saturated rings. The van der Waals surface area contributed by atoms with Gasteiger partial charge >= 0.3 is 0 Å². The van der Waals surface area contributed by atoms with Crippen LogP contribution in [0.1, 0.15) is 42.4 Å². The first-order valence-corrected chi connectivity index (χ1v) is 13.5. The van der Waals surface area contributed by atoms with Crippen molar-refractivity contribution in [2.75, 3.05) is 13.1 Å². The molecule has 1 amide bonds. The summed E-state index contributed by atoms with van der Waals surface area (Å²) in [5.74, 6) is -7.13. The number of amides is 1. The molecule has 0 spiro atoms. The number of phenolic OH excluding ortho intramolecular Hbond substituents is 1. The van der Waals surface area contributed by atoms with E-state index in [1.54, 1.807) is 6.07 Å². The van der Waals surface area contributed by atoms with Crippen molar-refractivity contribution in [3.63, 3.8) is 0 Å². The van der Waals surface area contributed by atoms with Crippen molar-refractivity contribution in [1.29, 1.82) is 0 Å². The molecule has 1 aliphatic heterocycles. The number of hydrogen-bond acceptors (Lipinski definition) is 8. The Morgan fingerprint density at radius 3 is 2.38 bits per heavy atom. The summed E-state index contributed by atoms with van der Waals surface area (Å²) in [6, 6.07) is 11.4. The maximum atomic E-state index is 13.7. The molecule has 9 nitrogen and oxygen atoms in total. The fourth-order valence-electron chi connectivity index (χ4n) is 7.18. The minimum Gasteiger partial charge on any atom is -0.507 e. The third kappa shape index (κ3) is 3.91. The van der Waals surface area contributed by atoms with Gasteiger partial charge in [-0.25, -0.2) is 0 Å². The maximum absolute atomic E-state index is 13.7. The van der Waals surface area contributed by atoms with Crippen LogP contribution in [0, 0.1) is 17.8 Å². The van der Waals surface area contributed by atoms with E-state index in [1.165, 1.54) is 24.5 Å². The van der Waals surface area contributed by atoms with Crippen LogP contribution in [0.25, 0.3) is 16.9 Å². The summed E-state index contributed by atoms with van der Waals surface area (Å²) in [5.41, 5.74) is 6.27. The molecule has 2 unspecified atom stereocenters. The van der Waals surface area contributed by atoms with Gasteiger partial charge in [0.2, 0.25) is 11.7 Å². The molecule has 2 aromatic carbocycles. The zero-order chi connectivity index (χ0) is 27.6. The number of rotatable bonds is 4. The predicted octanol–water partition coefficient (Wildman–Crippen LogP) is 1.85. The standard InChI is InChI=1S/C30H32N2O7/c31-29(38)25-22(34)13-18-11-17-12-20-19(16-5-3-15(4-6-16)14-32-9-1-2-10-32)7-8-21(33)24(20)26(35)23(17)27(36)30(18,39)28(25)37/h3-8,17-18,22,25,33-35,39H,1-2,9-14H2,(H2,31,38)/t17-,18+,22?,25?,30+/m1/s1. The molecule has 1 saturated heterocycles. The van der Waals surface area contributed by atoms with Crippen LogP contribution in [0.15, 0.2) is 42.0 Å². The number of carbonyl (C=O) groups excluding carboxylic acids is 3. The fourth-order valence-corrected chi connectivity index (χ4v) is 7.18. The summed E-state index contributed by atoms with van der Waals surface area (Å²) >= 11 is 0. The second-order valence-corrected chi connectivity index (χ2v) is 11.4. The zero-order valence-electron chi connectivity index (χ0n) is 21.5. The van der Waals surface area contributed by atoms with Crippen LogP contribution in [0.5, 0.6) is 5.75 Å². The summed E-state index contributed by atoms with van der Waals surface area (Å²) in [6.07, 6.45) is 1.32. The summed E-state index contributed by atoms with van der Waals surface area (Å²) in [5, 5.41) is 43.9. The average Bonchev–Trinajstić information content (AvgIpc) is 3.40. The minimum atomic E-state index is -2.57. The van der Waals surface area contributed by atoms with Crippen molar-refractivity contribution in [2.45, 2.75) is 50.4 Å². The molecule has 39 heavy (non-hydrogen) atoms. The van der Waals surface area contributed by atoms with Crippen molar-refractivity contribution in [2.24, 2.45) is 23.5 Å². The van der Waals surface area contributed by atoms with E-state index in [2.05, 4.69) is 17.0 Å². The molecule has 6 rings (SSSR count). The lowest BCUT2D eigenvalue weighted by molar-refractivity contribution is -0.174. The summed E-state index contributed by atoms with van der Waals surface area (Å²) in [4.78, 5) is 41.1. The highest BCUT2D eigenvalue weighted by Crippen LogP contribution is 2.52. The van der Waals surface area contributed by atoms with Crippen molar-refractivity contribution in [3.05, 3.63) is 58.7 Å². The van der Waals surface area contributed by atoms with E-state index in [-0.39, 0.29) is 36.1 Å². The zero-order valence-corrected chi connectivity index (χ0v) is 21.5. The number of primary amides is 1. The third-order valence-electron chi connectivity index (χ3n) is 9.14. The lowest BCUT2D eigenvalue weighted by atomic mass is 9.56. The molecule has 0 radical (unpaired) electrons. The number of aromatic hydroxyl groups is 1. The molecular weight excluding hydrogens is 500 g/mol. The van der Waals surface area contributed by atoms with E-state index in [0.717, 1.165) is 30.8 Å². The van der Waals surface area contributed by atoms with Gasteiger partial charge in [0.25, 0.3) is 0 Å². The number of benzene rings is 2. The number of ketones is 2. The summed E-state index contributed by atoms with van der Waals surface area (Å²) in [6.45, 7) is 3.09. The molecule has 2 saturated carbocycles. The Bertz CT molecular complexity index is 1410. The van der Waals surface area contributed by atoms with Crippen LogP contribution in [-0.2, 0) is 27.3 Å². The van der Waals surface area contributed by atoms with Crippen LogP contribution >= 0.6 is 0 Å². The number of nitrogens with two attached hydrogens (primary N) is 1. The first-order chi connectivity index (χ1) is 18.6. The van der Waals surface area contributed by atoms with Gasteiger partial charge in [-0.15, -0.1) is 0 Å². The van der Waals surface area contributed by atoms with Gasteiger partial charge in [0.05, 0.1) is 11.7 Å². The third-order valence-corrected chi connectivity index (χ3v) is 9.14. The van der Waals surface area contributed by atoms with Crippen molar-refractivity contribution in [1.82, 2.24) is 4.90 Å². The van der Waals surface area contributed by atoms with Gasteiger partial charge in [0.1, 0.15) is 17.4 Å².